The van der Waals surface area contributed by atoms with Gasteiger partial charge >= 0.3 is 0 Å². The summed E-state index contributed by atoms with van der Waals surface area (Å²) in [5.74, 6) is 0.842. The second kappa shape index (κ2) is 6.92. The lowest BCUT2D eigenvalue weighted by atomic mass is 10.1. The van der Waals surface area contributed by atoms with Crippen molar-refractivity contribution >= 4 is 28.6 Å². The van der Waals surface area contributed by atoms with Crippen LogP contribution in [0.4, 0.5) is 0 Å². The molecular formula is C19H20N2OS. The van der Waals surface area contributed by atoms with Crippen molar-refractivity contribution in [2.75, 3.05) is 12.3 Å². The monoisotopic (exact) mass is 324 g/mol. The Bertz CT molecular complexity index is 818. The number of aromatic amines is 1. The molecule has 0 aliphatic carbocycles. The maximum Gasteiger partial charge on any atom is 0.251 e. The number of aryl methyl sites for hydroxylation is 2. The van der Waals surface area contributed by atoms with Crippen molar-refractivity contribution in [1.82, 2.24) is 10.3 Å². The van der Waals surface area contributed by atoms with E-state index in [0.29, 0.717) is 6.54 Å². The average molecular weight is 324 g/mol. The molecule has 3 rings (SSSR count). The Labute approximate surface area is 140 Å². The number of aromatic nitrogens is 1. The summed E-state index contributed by atoms with van der Waals surface area (Å²) in [5, 5.41) is 4.23. The minimum Gasteiger partial charge on any atom is -0.360 e. The van der Waals surface area contributed by atoms with E-state index in [1.165, 1.54) is 10.3 Å². The zero-order chi connectivity index (χ0) is 16.2. The van der Waals surface area contributed by atoms with Crippen LogP contribution in [-0.4, -0.2) is 23.2 Å². The minimum atomic E-state index is -0.00340. The molecule has 23 heavy (non-hydrogen) atoms. The average Bonchev–Trinajstić information content (AvgIpc) is 2.94. The Morgan fingerprint density at radius 2 is 1.87 bits per heavy atom. The third-order valence-corrected chi connectivity index (χ3v) is 4.74. The van der Waals surface area contributed by atoms with E-state index in [1.54, 1.807) is 11.8 Å². The van der Waals surface area contributed by atoms with E-state index in [9.17, 15) is 4.79 Å². The topological polar surface area (TPSA) is 44.9 Å². The lowest BCUT2D eigenvalue weighted by Gasteiger charge is -2.07. The lowest BCUT2D eigenvalue weighted by molar-refractivity contribution is 0.0956. The summed E-state index contributed by atoms with van der Waals surface area (Å²) in [6.45, 7) is 4.67. The molecular weight excluding hydrogens is 304 g/mol. The van der Waals surface area contributed by atoms with Gasteiger partial charge in [0.15, 0.2) is 0 Å². The zero-order valence-corrected chi connectivity index (χ0v) is 14.2. The fraction of sp³-hybridized carbons (Fsp3) is 0.211. The number of carbonyl (C=O) groups is 1. The van der Waals surface area contributed by atoms with Crippen LogP contribution in [0.3, 0.4) is 0 Å². The Morgan fingerprint density at radius 1 is 1.13 bits per heavy atom. The van der Waals surface area contributed by atoms with Crippen LogP contribution < -0.4 is 5.32 Å². The number of fused-ring (bicyclic) bond motifs is 1. The molecule has 0 radical (unpaired) electrons. The second-order valence-corrected chi connectivity index (χ2v) is 6.82. The molecule has 0 bridgehead atoms. The van der Waals surface area contributed by atoms with Gasteiger partial charge in [0.25, 0.3) is 5.91 Å². The Kier molecular flexibility index (Phi) is 4.72. The van der Waals surface area contributed by atoms with Crippen molar-refractivity contribution in [3.63, 3.8) is 0 Å². The molecule has 1 heterocycles. The van der Waals surface area contributed by atoms with Crippen LogP contribution in [0.25, 0.3) is 10.9 Å². The number of nitrogens with one attached hydrogen (secondary N) is 2. The Hall–Kier alpha value is -2.20. The predicted molar refractivity (Wildman–Crippen MR) is 97.3 cm³/mol. The molecule has 1 amide bonds. The predicted octanol–water partition coefficient (Wildman–Crippen LogP) is 4.31. The summed E-state index contributed by atoms with van der Waals surface area (Å²) in [6.07, 6.45) is 2.03. The molecule has 0 spiro atoms. The van der Waals surface area contributed by atoms with E-state index in [1.807, 2.05) is 44.3 Å². The van der Waals surface area contributed by atoms with Crippen LogP contribution in [0.1, 0.15) is 21.5 Å². The smallest absolute Gasteiger partial charge is 0.251 e. The molecule has 0 saturated carbocycles. The molecule has 0 aliphatic rings. The standard InChI is InChI=1S/C19H20N2OS/c1-13-9-14(2)11-15(10-13)19(22)20-7-8-23-18-12-21-17-6-4-3-5-16(17)18/h3-6,9-12,21H,7-8H2,1-2H3,(H,20,22). The van der Waals surface area contributed by atoms with E-state index >= 15 is 0 Å². The summed E-state index contributed by atoms with van der Waals surface area (Å²) in [5.41, 5.74) is 4.11. The first kappa shape index (κ1) is 15.7. The number of amides is 1. The second-order valence-electron chi connectivity index (χ2n) is 5.68. The number of hydrogen-bond donors (Lipinski definition) is 2. The van der Waals surface area contributed by atoms with Crippen molar-refractivity contribution in [2.24, 2.45) is 0 Å². The van der Waals surface area contributed by atoms with E-state index in [-0.39, 0.29) is 5.91 Å². The van der Waals surface area contributed by atoms with Gasteiger partial charge in [0.1, 0.15) is 0 Å². The highest BCUT2D eigenvalue weighted by molar-refractivity contribution is 7.99. The number of carbonyl (C=O) groups excluding carboxylic acids is 1. The number of H-pyrrole nitrogens is 1. The van der Waals surface area contributed by atoms with Crippen LogP contribution in [0.15, 0.2) is 53.6 Å². The van der Waals surface area contributed by atoms with Crippen molar-refractivity contribution < 1.29 is 4.79 Å². The van der Waals surface area contributed by atoms with Crippen molar-refractivity contribution in [2.45, 2.75) is 18.7 Å². The van der Waals surface area contributed by atoms with Gasteiger partial charge in [-0.2, -0.15) is 0 Å². The molecule has 3 nitrogen and oxygen atoms in total. The van der Waals surface area contributed by atoms with Crippen LogP contribution in [-0.2, 0) is 0 Å². The Morgan fingerprint density at radius 3 is 2.65 bits per heavy atom. The van der Waals surface area contributed by atoms with Crippen LogP contribution in [0.2, 0.25) is 0 Å². The summed E-state index contributed by atoms with van der Waals surface area (Å²) in [4.78, 5) is 16.7. The molecule has 0 unspecified atom stereocenters. The SMILES string of the molecule is Cc1cc(C)cc(C(=O)NCCSc2c[nH]c3ccccc23)c1. The van der Waals surface area contributed by atoms with Gasteiger partial charge in [-0.25, -0.2) is 0 Å². The van der Waals surface area contributed by atoms with E-state index < -0.39 is 0 Å². The zero-order valence-electron chi connectivity index (χ0n) is 13.3. The highest BCUT2D eigenvalue weighted by Crippen LogP contribution is 2.27. The number of benzene rings is 2. The van der Waals surface area contributed by atoms with E-state index in [0.717, 1.165) is 28.0 Å². The first-order chi connectivity index (χ1) is 11.1. The molecule has 0 atom stereocenters. The highest BCUT2D eigenvalue weighted by atomic mass is 32.2. The molecule has 0 aliphatic heterocycles. The van der Waals surface area contributed by atoms with Gasteiger partial charge in [0.05, 0.1) is 0 Å². The largest absolute Gasteiger partial charge is 0.360 e. The van der Waals surface area contributed by atoms with Gasteiger partial charge in [-0.3, -0.25) is 4.79 Å². The highest BCUT2D eigenvalue weighted by Gasteiger charge is 2.07. The third kappa shape index (κ3) is 3.77. The van der Waals surface area contributed by atoms with E-state index in [2.05, 4.69) is 28.5 Å². The van der Waals surface area contributed by atoms with Crippen molar-refractivity contribution in [3.8, 4) is 0 Å². The molecule has 3 aromatic rings. The number of thioether (sulfide) groups is 1. The van der Waals surface area contributed by atoms with E-state index in [4.69, 9.17) is 0 Å². The van der Waals surface area contributed by atoms with Gasteiger partial charge in [-0.05, 0) is 32.0 Å². The fourth-order valence-electron chi connectivity index (χ4n) is 2.70. The lowest BCUT2D eigenvalue weighted by Crippen LogP contribution is -2.25. The van der Waals surface area contributed by atoms with Gasteiger partial charge in [-0.1, -0.05) is 35.4 Å². The molecule has 2 N–H and O–H groups in total. The normalized spacial score (nSPS) is 10.9. The molecule has 0 fully saturated rings. The van der Waals surface area contributed by atoms with Gasteiger partial charge < -0.3 is 10.3 Å². The number of rotatable bonds is 5. The summed E-state index contributed by atoms with van der Waals surface area (Å²) >= 11 is 1.75. The summed E-state index contributed by atoms with van der Waals surface area (Å²) < 4.78 is 0. The third-order valence-electron chi connectivity index (χ3n) is 3.68. The first-order valence-corrected chi connectivity index (χ1v) is 8.67. The summed E-state index contributed by atoms with van der Waals surface area (Å²) in [6, 6.07) is 14.2. The quantitative estimate of drug-likeness (QED) is 0.543. The van der Waals surface area contributed by atoms with Crippen molar-refractivity contribution in [3.05, 3.63) is 65.4 Å². The maximum absolute atomic E-state index is 12.2. The molecule has 0 saturated heterocycles. The molecule has 1 aromatic heterocycles. The first-order valence-electron chi connectivity index (χ1n) is 7.69. The number of hydrogen-bond acceptors (Lipinski definition) is 2. The van der Waals surface area contributed by atoms with Gasteiger partial charge in [-0.15, -0.1) is 11.8 Å². The number of para-hydroxylation sites is 1. The molecule has 4 heteroatoms. The summed E-state index contributed by atoms with van der Waals surface area (Å²) in [7, 11) is 0. The van der Waals surface area contributed by atoms with Crippen molar-refractivity contribution in [1.29, 1.82) is 0 Å². The van der Waals surface area contributed by atoms with Crippen LogP contribution in [0.5, 0.6) is 0 Å². The maximum atomic E-state index is 12.2. The Balaban J connectivity index is 1.54. The minimum absolute atomic E-state index is 0.00340. The fourth-order valence-corrected chi connectivity index (χ4v) is 3.60. The molecule has 118 valence electrons. The van der Waals surface area contributed by atoms with Crippen LogP contribution >= 0.6 is 11.8 Å². The van der Waals surface area contributed by atoms with Gasteiger partial charge in [0.2, 0.25) is 0 Å². The molecule has 2 aromatic carbocycles. The van der Waals surface area contributed by atoms with Gasteiger partial charge in [0, 0.05) is 39.9 Å². The van der Waals surface area contributed by atoms with Crippen LogP contribution in [0, 0.1) is 13.8 Å².